The Morgan fingerprint density at radius 3 is 2.80 bits per heavy atom. The molecule has 3 heterocycles. The Kier molecular flexibility index (Phi) is 2.56. The molecule has 0 radical (unpaired) electrons. The van der Waals surface area contributed by atoms with E-state index < -0.39 is 0 Å². The number of hydrogen-bond acceptors (Lipinski definition) is 3. The molecule has 0 unspecified atom stereocenters. The van der Waals surface area contributed by atoms with Crippen molar-refractivity contribution in [2.24, 2.45) is 0 Å². The van der Waals surface area contributed by atoms with Gasteiger partial charge in [-0.3, -0.25) is 9.97 Å². The number of aromatic nitrogens is 2. The average molecular weight is 221 g/mol. The highest BCUT2D eigenvalue weighted by Gasteiger charge is 2.17. The number of rotatable bonds is 0. The van der Waals surface area contributed by atoms with Crippen molar-refractivity contribution >= 4 is 12.4 Å². The van der Waals surface area contributed by atoms with Gasteiger partial charge >= 0.3 is 0 Å². The van der Waals surface area contributed by atoms with Crippen LogP contribution in [0, 0.1) is 0 Å². The summed E-state index contributed by atoms with van der Waals surface area (Å²) in [7, 11) is 0. The van der Waals surface area contributed by atoms with Crippen LogP contribution in [0.2, 0.25) is 0 Å². The molecule has 3 rings (SSSR count). The molecule has 3 nitrogen and oxygen atoms in total. The van der Waals surface area contributed by atoms with Crippen LogP contribution < -0.4 is 4.74 Å². The van der Waals surface area contributed by atoms with Gasteiger partial charge in [-0.1, -0.05) is 0 Å². The summed E-state index contributed by atoms with van der Waals surface area (Å²) in [5.74, 6) is 0.841. The highest BCUT2D eigenvalue weighted by Crippen LogP contribution is 2.33. The first kappa shape index (κ1) is 9.93. The van der Waals surface area contributed by atoms with Gasteiger partial charge in [0.15, 0.2) is 0 Å². The summed E-state index contributed by atoms with van der Waals surface area (Å²) in [5.41, 5.74) is 2.93. The van der Waals surface area contributed by atoms with Crippen molar-refractivity contribution in [1.29, 1.82) is 0 Å². The first-order valence-electron chi connectivity index (χ1n) is 4.47. The third kappa shape index (κ3) is 1.55. The van der Waals surface area contributed by atoms with E-state index in [1.165, 1.54) is 0 Å². The first-order valence-corrected chi connectivity index (χ1v) is 4.47. The molecular formula is C11H9ClN2O. The summed E-state index contributed by atoms with van der Waals surface area (Å²) in [6.45, 7) is 0.537. The van der Waals surface area contributed by atoms with Crippen molar-refractivity contribution in [3.05, 3.63) is 42.4 Å². The Hall–Kier alpha value is -1.61. The number of fused-ring (bicyclic) bond motifs is 3. The lowest BCUT2D eigenvalue weighted by Crippen LogP contribution is -2.07. The fraction of sp³-hybridized carbons (Fsp3) is 0.0909. The summed E-state index contributed by atoms with van der Waals surface area (Å²) in [6, 6.07) is 7.75. The third-order valence-corrected chi connectivity index (χ3v) is 2.28. The average Bonchev–Trinajstić information content (AvgIpc) is 2.29. The van der Waals surface area contributed by atoms with Crippen LogP contribution in [-0.4, -0.2) is 9.97 Å². The molecule has 0 bridgehead atoms. The lowest BCUT2D eigenvalue weighted by Gasteiger charge is -2.17. The van der Waals surface area contributed by atoms with E-state index in [9.17, 15) is 0 Å². The predicted molar refractivity (Wildman–Crippen MR) is 59.0 cm³/mol. The molecule has 1 aliphatic rings. The van der Waals surface area contributed by atoms with E-state index in [4.69, 9.17) is 4.74 Å². The van der Waals surface area contributed by atoms with E-state index >= 15 is 0 Å². The monoisotopic (exact) mass is 220 g/mol. The fourth-order valence-electron chi connectivity index (χ4n) is 1.62. The smallest absolute Gasteiger partial charge is 0.146 e. The van der Waals surface area contributed by atoms with Gasteiger partial charge < -0.3 is 4.74 Å². The van der Waals surface area contributed by atoms with Gasteiger partial charge in [0.05, 0.1) is 5.69 Å². The predicted octanol–water partition coefficient (Wildman–Crippen LogP) is 2.46. The highest BCUT2D eigenvalue weighted by atomic mass is 35.5. The largest absolute Gasteiger partial charge is 0.485 e. The topological polar surface area (TPSA) is 35.0 Å². The minimum absolute atomic E-state index is 0. The Bertz CT molecular complexity index is 442. The normalized spacial score (nSPS) is 11.7. The van der Waals surface area contributed by atoms with Crippen molar-refractivity contribution in [2.75, 3.05) is 0 Å². The van der Waals surface area contributed by atoms with Crippen LogP contribution in [0.15, 0.2) is 36.7 Å². The summed E-state index contributed by atoms with van der Waals surface area (Å²) in [4.78, 5) is 8.55. The lowest BCUT2D eigenvalue weighted by atomic mass is 10.1. The molecule has 2 aromatic heterocycles. The first-order chi connectivity index (χ1) is 6.95. The zero-order valence-electron chi connectivity index (χ0n) is 7.88. The Morgan fingerprint density at radius 2 is 1.87 bits per heavy atom. The molecule has 4 heteroatoms. The standard InChI is InChI=1S/C11H8N2O.ClH/c1-3-8-9(12-5-1)7-14-10-4-2-6-13-11(8)10;/h1-6H,7H2;1H. The van der Waals surface area contributed by atoms with Gasteiger partial charge in [-0.2, -0.15) is 0 Å². The summed E-state index contributed by atoms with van der Waals surface area (Å²) >= 11 is 0. The van der Waals surface area contributed by atoms with E-state index in [0.717, 1.165) is 22.7 Å². The minimum Gasteiger partial charge on any atom is -0.485 e. The second-order valence-corrected chi connectivity index (χ2v) is 3.14. The number of halogens is 1. The van der Waals surface area contributed by atoms with Crippen LogP contribution in [0.3, 0.4) is 0 Å². The summed E-state index contributed by atoms with van der Waals surface area (Å²) in [6.07, 6.45) is 3.54. The molecule has 0 aromatic carbocycles. The van der Waals surface area contributed by atoms with Gasteiger partial charge in [-0.25, -0.2) is 0 Å². The van der Waals surface area contributed by atoms with E-state index in [-0.39, 0.29) is 12.4 Å². The van der Waals surface area contributed by atoms with Crippen molar-refractivity contribution in [2.45, 2.75) is 6.61 Å². The summed E-state index contributed by atoms with van der Waals surface area (Å²) < 4.78 is 5.52. The SMILES string of the molecule is Cl.c1cnc2c(c1)OCc1ncccc1-2. The maximum Gasteiger partial charge on any atom is 0.146 e. The van der Waals surface area contributed by atoms with Gasteiger partial charge in [0.25, 0.3) is 0 Å². The van der Waals surface area contributed by atoms with Gasteiger partial charge in [0.2, 0.25) is 0 Å². The second-order valence-electron chi connectivity index (χ2n) is 3.14. The van der Waals surface area contributed by atoms with Crippen LogP contribution >= 0.6 is 12.4 Å². The van der Waals surface area contributed by atoms with E-state index in [1.54, 1.807) is 12.4 Å². The zero-order valence-corrected chi connectivity index (χ0v) is 8.70. The molecule has 0 spiro atoms. The number of hydrogen-bond donors (Lipinski definition) is 0. The van der Waals surface area contributed by atoms with Crippen LogP contribution in [0.25, 0.3) is 11.3 Å². The Morgan fingerprint density at radius 1 is 1.07 bits per heavy atom. The zero-order chi connectivity index (χ0) is 9.38. The molecule has 0 saturated heterocycles. The van der Waals surface area contributed by atoms with E-state index in [0.29, 0.717) is 6.61 Å². The molecule has 1 aliphatic heterocycles. The van der Waals surface area contributed by atoms with E-state index in [2.05, 4.69) is 9.97 Å². The maximum absolute atomic E-state index is 5.52. The van der Waals surface area contributed by atoms with Crippen molar-refractivity contribution in [3.8, 4) is 17.0 Å². The molecule has 0 saturated carbocycles. The van der Waals surface area contributed by atoms with Gasteiger partial charge in [0, 0.05) is 18.0 Å². The van der Waals surface area contributed by atoms with Crippen LogP contribution in [-0.2, 0) is 6.61 Å². The summed E-state index contributed by atoms with van der Waals surface area (Å²) in [5, 5.41) is 0. The third-order valence-electron chi connectivity index (χ3n) is 2.28. The molecule has 0 fully saturated rings. The molecule has 0 atom stereocenters. The molecule has 0 N–H and O–H groups in total. The van der Waals surface area contributed by atoms with E-state index in [1.807, 2.05) is 24.3 Å². The molecule has 0 amide bonds. The Balaban J connectivity index is 0.000000853. The molecule has 2 aromatic rings. The minimum atomic E-state index is 0. The Labute approximate surface area is 93.6 Å². The maximum atomic E-state index is 5.52. The highest BCUT2D eigenvalue weighted by molar-refractivity contribution is 5.85. The number of nitrogens with zero attached hydrogens (tertiary/aromatic N) is 2. The molecular weight excluding hydrogens is 212 g/mol. The molecule has 15 heavy (non-hydrogen) atoms. The van der Waals surface area contributed by atoms with Crippen molar-refractivity contribution in [1.82, 2.24) is 9.97 Å². The number of ether oxygens (including phenoxy) is 1. The van der Waals surface area contributed by atoms with Gasteiger partial charge in [0.1, 0.15) is 18.1 Å². The quantitative estimate of drug-likeness (QED) is 0.684. The van der Waals surface area contributed by atoms with Crippen molar-refractivity contribution < 1.29 is 4.74 Å². The fourth-order valence-corrected chi connectivity index (χ4v) is 1.62. The number of pyridine rings is 2. The second kappa shape index (κ2) is 3.87. The van der Waals surface area contributed by atoms with Crippen molar-refractivity contribution in [3.63, 3.8) is 0 Å². The lowest BCUT2D eigenvalue weighted by molar-refractivity contribution is 0.296. The molecule has 0 aliphatic carbocycles. The van der Waals surface area contributed by atoms with Crippen LogP contribution in [0.5, 0.6) is 5.75 Å². The van der Waals surface area contributed by atoms with Crippen LogP contribution in [0.4, 0.5) is 0 Å². The molecule has 76 valence electrons. The van der Waals surface area contributed by atoms with Crippen LogP contribution in [0.1, 0.15) is 5.69 Å². The van der Waals surface area contributed by atoms with Gasteiger partial charge in [-0.15, -0.1) is 12.4 Å². The van der Waals surface area contributed by atoms with Gasteiger partial charge in [-0.05, 0) is 24.3 Å².